The summed E-state index contributed by atoms with van der Waals surface area (Å²) in [5.41, 5.74) is 2.41. The van der Waals surface area contributed by atoms with Crippen molar-refractivity contribution < 1.29 is 23.8 Å². The minimum atomic E-state index is -0.373. The van der Waals surface area contributed by atoms with Gasteiger partial charge in [0.15, 0.2) is 0 Å². The monoisotopic (exact) mass is 630 g/mol. The van der Waals surface area contributed by atoms with Crippen LogP contribution >= 0.6 is 0 Å². The van der Waals surface area contributed by atoms with Gasteiger partial charge < -0.3 is 14.2 Å². The molecule has 4 fully saturated rings. The molecule has 0 saturated heterocycles. The number of fused-ring (bicyclic) bond motifs is 7. The summed E-state index contributed by atoms with van der Waals surface area (Å²) in [6.45, 7) is 17.2. The standard InChI is InChI=1S/C41H58O5/c1-26-18-23-41(36(43)45-9)25-24-39(6)30(35(41)27(26)2)15-16-32-38(5)21-20-33(37(3,4)31(38)19-22-40(32,39)7)46-34(42)17-12-28-10-13-29(44-8)14-11-28/h10-15,17,26-27,31-33,35H,16,18-25H2,1-9H3. The fourth-order valence-electron chi connectivity index (χ4n) is 12.3. The van der Waals surface area contributed by atoms with Crippen molar-refractivity contribution in [1.29, 1.82) is 0 Å². The Kier molecular flexibility index (Phi) is 8.37. The molecule has 10 unspecified atom stereocenters. The lowest BCUT2D eigenvalue weighted by Crippen LogP contribution is -2.65. The average molecular weight is 631 g/mol. The number of esters is 2. The molecule has 0 aromatic heterocycles. The van der Waals surface area contributed by atoms with E-state index in [1.54, 1.807) is 25.9 Å². The van der Waals surface area contributed by atoms with Crippen LogP contribution in [0.1, 0.15) is 112 Å². The van der Waals surface area contributed by atoms with Gasteiger partial charge in [-0.3, -0.25) is 4.79 Å². The fraction of sp³-hybridized carbons (Fsp3) is 0.707. The molecule has 5 nitrogen and oxygen atoms in total. The van der Waals surface area contributed by atoms with Gasteiger partial charge in [-0.1, -0.05) is 72.2 Å². The van der Waals surface area contributed by atoms with Crippen LogP contribution < -0.4 is 4.74 Å². The SMILES string of the molecule is COC(=O)C12CCC(C)C(C)C1C1=CCC3C4(C)CCC(OC(=O)C=Cc5ccc(OC)cc5)C(C)(C)C4CCC3(C)C1(C)CC2. The molecule has 4 saturated carbocycles. The Hall–Kier alpha value is -2.56. The van der Waals surface area contributed by atoms with Crippen LogP contribution in [0.3, 0.4) is 0 Å². The summed E-state index contributed by atoms with van der Waals surface area (Å²) in [5.74, 6) is 2.93. The molecule has 0 bridgehead atoms. The van der Waals surface area contributed by atoms with Crippen LogP contribution in [0.25, 0.3) is 6.08 Å². The number of benzene rings is 1. The van der Waals surface area contributed by atoms with Crippen LogP contribution in [-0.2, 0) is 19.1 Å². The largest absolute Gasteiger partial charge is 0.497 e. The van der Waals surface area contributed by atoms with Crippen LogP contribution in [0.15, 0.2) is 42.0 Å². The van der Waals surface area contributed by atoms with E-state index in [0.29, 0.717) is 23.7 Å². The van der Waals surface area contributed by atoms with Crippen molar-refractivity contribution in [1.82, 2.24) is 0 Å². The van der Waals surface area contributed by atoms with Gasteiger partial charge >= 0.3 is 11.9 Å². The Bertz CT molecular complexity index is 1410. The highest BCUT2D eigenvalue weighted by Gasteiger charge is 2.69. The maximum absolute atomic E-state index is 13.6. The maximum Gasteiger partial charge on any atom is 0.331 e. The van der Waals surface area contributed by atoms with E-state index in [1.807, 2.05) is 30.3 Å². The van der Waals surface area contributed by atoms with Gasteiger partial charge in [-0.2, -0.15) is 0 Å². The van der Waals surface area contributed by atoms with Crippen molar-refractivity contribution in [3.05, 3.63) is 47.6 Å². The molecule has 1 aromatic carbocycles. The molecular formula is C41H58O5. The highest BCUT2D eigenvalue weighted by Crippen LogP contribution is 2.76. The first-order valence-corrected chi connectivity index (χ1v) is 18.0. The molecule has 1 aromatic rings. The zero-order chi connectivity index (χ0) is 33.3. The van der Waals surface area contributed by atoms with Crippen molar-refractivity contribution in [2.45, 2.75) is 112 Å². The van der Waals surface area contributed by atoms with Crippen molar-refractivity contribution in [2.24, 2.45) is 56.7 Å². The highest BCUT2D eigenvalue weighted by molar-refractivity contribution is 5.87. The van der Waals surface area contributed by atoms with Crippen molar-refractivity contribution in [3.63, 3.8) is 0 Å². The van der Waals surface area contributed by atoms with E-state index in [0.717, 1.165) is 62.7 Å². The molecule has 0 aliphatic heterocycles. The molecular weight excluding hydrogens is 572 g/mol. The van der Waals surface area contributed by atoms with Crippen LogP contribution in [0.4, 0.5) is 0 Å². The lowest BCUT2D eigenvalue weighted by molar-refractivity contribution is -0.213. The predicted molar refractivity (Wildman–Crippen MR) is 183 cm³/mol. The second-order valence-corrected chi connectivity index (χ2v) is 17.2. The topological polar surface area (TPSA) is 61.8 Å². The minimum absolute atomic E-state index is 0.0237. The first kappa shape index (κ1) is 33.3. The van der Waals surface area contributed by atoms with Gasteiger partial charge in [-0.05, 0) is 127 Å². The Labute approximate surface area is 277 Å². The van der Waals surface area contributed by atoms with E-state index in [4.69, 9.17) is 14.2 Å². The molecule has 252 valence electrons. The number of carbonyl (C=O) groups excluding carboxylic acids is 2. The third-order valence-corrected chi connectivity index (χ3v) is 15.3. The van der Waals surface area contributed by atoms with Gasteiger partial charge in [0.1, 0.15) is 11.9 Å². The molecule has 5 aliphatic rings. The Morgan fingerprint density at radius 1 is 0.848 bits per heavy atom. The summed E-state index contributed by atoms with van der Waals surface area (Å²) in [6.07, 6.45) is 15.3. The molecule has 0 radical (unpaired) electrons. The lowest BCUT2D eigenvalue weighted by atomic mass is 9.33. The molecule has 5 aliphatic carbocycles. The van der Waals surface area contributed by atoms with E-state index >= 15 is 0 Å². The first-order chi connectivity index (χ1) is 21.7. The van der Waals surface area contributed by atoms with Crippen LogP contribution in [0, 0.1) is 56.7 Å². The van der Waals surface area contributed by atoms with Gasteiger partial charge in [-0.15, -0.1) is 0 Å². The third-order valence-electron chi connectivity index (χ3n) is 15.3. The van der Waals surface area contributed by atoms with Crippen LogP contribution in [-0.4, -0.2) is 32.3 Å². The normalized spacial score (nSPS) is 42.8. The molecule has 10 atom stereocenters. The van der Waals surface area contributed by atoms with E-state index in [1.165, 1.54) is 6.42 Å². The van der Waals surface area contributed by atoms with E-state index in [9.17, 15) is 9.59 Å². The van der Waals surface area contributed by atoms with Gasteiger partial charge in [0.25, 0.3) is 0 Å². The summed E-state index contributed by atoms with van der Waals surface area (Å²) in [6, 6.07) is 7.68. The second kappa shape index (κ2) is 11.5. The number of hydrogen-bond donors (Lipinski definition) is 0. The number of rotatable bonds is 5. The second-order valence-electron chi connectivity index (χ2n) is 17.2. The zero-order valence-corrected chi connectivity index (χ0v) is 29.9. The van der Waals surface area contributed by atoms with Crippen molar-refractivity contribution in [2.75, 3.05) is 14.2 Å². The number of methoxy groups -OCH3 is 2. The van der Waals surface area contributed by atoms with Crippen LogP contribution in [0.2, 0.25) is 0 Å². The highest BCUT2D eigenvalue weighted by atomic mass is 16.5. The number of carbonyl (C=O) groups is 2. The fourth-order valence-corrected chi connectivity index (χ4v) is 12.3. The van der Waals surface area contributed by atoms with Gasteiger partial charge in [0, 0.05) is 11.5 Å². The summed E-state index contributed by atoms with van der Waals surface area (Å²) in [4.78, 5) is 26.7. The number of ether oxygens (including phenoxy) is 3. The van der Waals surface area contributed by atoms with Gasteiger partial charge in [-0.25, -0.2) is 4.79 Å². The summed E-state index contributed by atoms with van der Waals surface area (Å²) in [5, 5.41) is 0. The van der Waals surface area contributed by atoms with Crippen molar-refractivity contribution in [3.8, 4) is 5.75 Å². The van der Waals surface area contributed by atoms with Crippen LogP contribution in [0.5, 0.6) is 5.75 Å². The Morgan fingerprint density at radius 2 is 1.57 bits per heavy atom. The molecule has 0 heterocycles. The summed E-state index contributed by atoms with van der Waals surface area (Å²) >= 11 is 0. The maximum atomic E-state index is 13.6. The molecule has 6 rings (SSSR count). The average Bonchev–Trinajstić information content (AvgIpc) is 3.03. The van der Waals surface area contributed by atoms with Gasteiger partial charge in [0.2, 0.25) is 0 Å². The number of allylic oxidation sites excluding steroid dienone is 2. The molecule has 46 heavy (non-hydrogen) atoms. The lowest BCUT2D eigenvalue weighted by Gasteiger charge is -2.71. The molecule has 5 heteroatoms. The minimum Gasteiger partial charge on any atom is -0.497 e. The Balaban J connectivity index is 1.26. The molecule has 0 spiro atoms. The number of hydrogen-bond acceptors (Lipinski definition) is 5. The molecule has 0 N–H and O–H groups in total. The molecule has 0 amide bonds. The summed E-state index contributed by atoms with van der Waals surface area (Å²) < 4.78 is 17.1. The summed E-state index contributed by atoms with van der Waals surface area (Å²) in [7, 11) is 3.24. The zero-order valence-electron chi connectivity index (χ0n) is 29.9. The third kappa shape index (κ3) is 4.75. The van der Waals surface area contributed by atoms with E-state index in [-0.39, 0.29) is 51.0 Å². The predicted octanol–water partition coefficient (Wildman–Crippen LogP) is 9.45. The van der Waals surface area contributed by atoms with Gasteiger partial charge in [0.05, 0.1) is 19.6 Å². The quantitative estimate of drug-likeness (QED) is 0.184. The van der Waals surface area contributed by atoms with E-state index in [2.05, 4.69) is 54.5 Å². The van der Waals surface area contributed by atoms with Crippen molar-refractivity contribution >= 4 is 18.0 Å². The smallest absolute Gasteiger partial charge is 0.331 e. The first-order valence-electron chi connectivity index (χ1n) is 18.0. The van der Waals surface area contributed by atoms with E-state index < -0.39 is 0 Å². The Morgan fingerprint density at radius 3 is 2.24 bits per heavy atom.